The van der Waals surface area contributed by atoms with Crippen LogP contribution in [-0.2, 0) is 0 Å². The lowest BCUT2D eigenvalue weighted by molar-refractivity contribution is 0.270. The molecule has 5 nitrogen and oxygen atoms in total. The molecule has 0 amide bonds. The molecule has 0 radical (unpaired) electrons. The van der Waals surface area contributed by atoms with E-state index in [4.69, 9.17) is 4.98 Å². The Hall–Kier alpha value is -2.14. The first-order chi connectivity index (χ1) is 12.0. The van der Waals surface area contributed by atoms with E-state index in [0.29, 0.717) is 5.92 Å². The highest BCUT2D eigenvalue weighted by Gasteiger charge is 2.18. The maximum absolute atomic E-state index is 4.75. The second-order valence-corrected chi connectivity index (χ2v) is 7.02. The van der Waals surface area contributed by atoms with Crippen LogP contribution >= 0.6 is 0 Å². The summed E-state index contributed by atoms with van der Waals surface area (Å²) < 4.78 is 0. The Labute approximate surface area is 151 Å². The molecule has 1 aromatic carbocycles. The van der Waals surface area contributed by atoms with Gasteiger partial charge < -0.3 is 15.1 Å². The lowest BCUT2D eigenvalue weighted by Crippen LogP contribution is -2.46. The number of aryl methyl sites for hydroxylation is 1. The fourth-order valence-corrected chi connectivity index (χ4v) is 3.12. The Morgan fingerprint density at radius 1 is 1.04 bits per heavy atom. The topological polar surface area (TPSA) is 44.3 Å². The van der Waals surface area contributed by atoms with Crippen molar-refractivity contribution in [2.75, 3.05) is 42.9 Å². The smallest absolute Gasteiger partial charge is 0.227 e. The third-order valence-electron chi connectivity index (χ3n) is 4.79. The standard InChI is InChI=1S/C20H29N5/c1-5-24-10-12-25(13-11-24)20-21-16(4)14-19(23-20)22-18-8-6-17(7-9-18)15(2)3/h6-9,14-15H,5,10-13H2,1-4H3,(H,21,22,23). The van der Waals surface area contributed by atoms with Gasteiger partial charge in [0.05, 0.1) is 0 Å². The van der Waals surface area contributed by atoms with Crippen LogP contribution in [-0.4, -0.2) is 47.6 Å². The Bertz CT molecular complexity index is 688. The lowest BCUT2D eigenvalue weighted by Gasteiger charge is -2.34. The van der Waals surface area contributed by atoms with Gasteiger partial charge >= 0.3 is 0 Å². The van der Waals surface area contributed by atoms with E-state index in [1.54, 1.807) is 0 Å². The van der Waals surface area contributed by atoms with Gasteiger partial charge in [-0.3, -0.25) is 0 Å². The number of benzene rings is 1. The van der Waals surface area contributed by atoms with Gasteiger partial charge in [-0.1, -0.05) is 32.9 Å². The van der Waals surface area contributed by atoms with E-state index in [1.165, 1.54) is 5.56 Å². The summed E-state index contributed by atoms with van der Waals surface area (Å²) in [5, 5.41) is 3.42. The highest BCUT2D eigenvalue weighted by atomic mass is 15.3. The van der Waals surface area contributed by atoms with Gasteiger partial charge in [0.1, 0.15) is 5.82 Å². The van der Waals surface area contributed by atoms with E-state index < -0.39 is 0 Å². The number of rotatable bonds is 5. The van der Waals surface area contributed by atoms with Crippen LogP contribution in [0.25, 0.3) is 0 Å². The van der Waals surface area contributed by atoms with Crippen molar-refractivity contribution in [3.8, 4) is 0 Å². The monoisotopic (exact) mass is 339 g/mol. The van der Waals surface area contributed by atoms with E-state index in [0.717, 1.165) is 55.9 Å². The summed E-state index contributed by atoms with van der Waals surface area (Å²) in [7, 11) is 0. The molecule has 0 aliphatic carbocycles. The average Bonchev–Trinajstić information content (AvgIpc) is 2.62. The number of hydrogen-bond acceptors (Lipinski definition) is 5. The quantitative estimate of drug-likeness (QED) is 0.898. The number of anilines is 3. The molecule has 134 valence electrons. The van der Waals surface area contributed by atoms with E-state index >= 15 is 0 Å². The van der Waals surface area contributed by atoms with Gasteiger partial charge in [-0.2, -0.15) is 4.98 Å². The van der Waals surface area contributed by atoms with Crippen LogP contribution < -0.4 is 10.2 Å². The molecule has 0 bridgehead atoms. The minimum atomic E-state index is 0.545. The Kier molecular flexibility index (Phi) is 5.53. The predicted octanol–water partition coefficient (Wildman–Crippen LogP) is 3.79. The first-order valence-corrected chi connectivity index (χ1v) is 9.25. The van der Waals surface area contributed by atoms with E-state index in [2.05, 4.69) is 65.1 Å². The Morgan fingerprint density at radius 2 is 1.72 bits per heavy atom. The first kappa shape index (κ1) is 17.7. The number of likely N-dealkylation sites (N-methyl/N-ethyl adjacent to an activating group) is 1. The van der Waals surface area contributed by atoms with Crippen molar-refractivity contribution in [1.29, 1.82) is 0 Å². The van der Waals surface area contributed by atoms with E-state index in [9.17, 15) is 0 Å². The summed E-state index contributed by atoms with van der Waals surface area (Å²) in [5.41, 5.74) is 3.40. The molecular formula is C20H29N5. The van der Waals surface area contributed by atoms with Gasteiger partial charge in [-0.25, -0.2) is 4.98 Å². The fraction of sp³-hybridized carbons (Fsp3) is 0.500. The third-order valence-corrected chi connectivity index (χ3v) is 4.79. The highest BCUT2D eigenvalue weighted by Crippen LogP contribution is 2.22. The van der Waals surface area contributed by atoms with Gasteiger partial charge in [-0.15, -0.1) is 0 Å². The Balaban J connectivity index is 1.73. The fourth-order valence-electron chi connectivity index (χ4n) is 3.12. The summed E-state index contributed by atoms with van der Waals surface area (Å²) in [6.07, 6.45) is 0. The largest absolute Gasteiger partial charge is 0.340 e. The van der Waals surface area contributed by atoms with E-state index in [1.807, 2.05) is 13.0 Å². The molecule has 1 aliphatic heterocycles. The van der Waals surface area contributed by atoms with Crippen molar-refractivity contribution < 1.29 is 0 Å². The molecule has 0 spiro atoms. The third kappa shape index (κ3) is 4.48. The van der Waals surface area contributed by atoms with E-state index in [-0.39, 0.29) is 0 Å². The summed E-state index contributed by atoms with van der Waals surface area (Å²) in [6, 6.07) is 10.6. The van der Waals surface area contributed by atoms with Crippen LogP contribution in [0.15, 0.2) is 30.3 Å². The van der Waals surface area contributed by atoms with Crippen molar-refractivity contribution >= 4 is 17.5 Å². The van der Waals surface area contributed by atoms with Crippen molar-refractivity contribution in [2.24, 2.45) is 0 Å². The molecule has 0 saturated carbocycles. The molecule has 3 rings (SSSR count). The lowest BCUT2D eigenvalue weighted by atomic mass is 10.0. The van der Waals surface area contributed by atoms with Gasteiger partial charge in [0, 0.05) is 43.6 Å². The molecule has 1 saturated heterocycles. The number of aromatic nitrogens is 2. The normalized spacial score (nSPS) is 15.6. The molecule has 2 aromatic rings. The molecule has 1 aliphatic rings. The van der Waals surface area contributed by atoms with Crippen LogP contribution in [0, 0.1) is 6.92 Å². The summed E-state index contributed by atoms with van der Waals surface area (Å²) in [6.45, 7) is 13.9. The zero-order chi connectivity index (χ0) is 17.8. The maximum atomic E-state index is 4.75. The summed E-state index contributed by atoms with van der Waals surface area (Å²) in [4.78, 5) is 14.1. The van der Waals surface area contributed by atoms with Crippen molar-refractivity contribution in [3.05, 3.63) is 41.6 Å². The van der Waals surface area contributed by atoms with Crippen LogP contribution in [0.4, 0.5) is 17.5 Å². The SMILES string of the molecule is CCN1CCN(c2nc(C)cc(Nc3ccc(C(C)C)cc3)n2)CC1. The zero-order valence-corrected chi connectivity index (χ0v) is 15.8. The van der Waals surface area contributed by atoms with Gasteiger partial charge in [0.2, 0.25) is 5.95 Å². The van der Waals surface area contributed by atoms with Crippen LogP contribution in [0.2, 0.25) is 0 Å². The van der Waals surface area contributed by atoms with Crippen molar-refractivity contribution in [3.63, 3.8) is 0 Å². The van der Waals surface area contributed by atoms with Crippen LogP contribution in [0.3, 0.4) is 0 Å². The second-order valence-electron chi connectivity index (χ2n) is 7.02. The minimum Gasteiger partial charge on any atom is -0.340 e. The molecule has 25 heavy (non-hydrogen) atoms. The molecule has 2 heterocycles. The molecular weight excluding hydrogens is 310 g/mol. The minimum absolute atomic E-state index is 0.545. The van der Waals surface area contributed by atoms with Gasteiger partial charge in [0.25, 0.3) is 0 Å². The van der Waals surface area contributed by atoms with Gasteiger partial charge in [0.15, 0.2) is 0 Å². The molecule has 1 N–H and O–H groups in total. The van der Waals surface area contributed by atoms with Crippen molar-refractivity contribution in [1.82, 2.24) is 14.9 Å². The average molecular weight is 339 g/mol. The second kappa shape index (κ2) is 7.83. The number of nitrogens with zero attached hydrogens (tertiary/aromatic N) is 4. The molecule has 0 atom stereocenters. The number of nitrogens with one attached hydrogen (secondary N) is 1. The predicted molar refractivity (Wildman–Crippen MR) is 105 cm³/mol. The number of hydrogen-bond donors (Lipinski definition) is 1. The number of piperazine rings is 1. The van der Waals surface area contributed by atoms with Crippen LogP contribution in [0.1, 0.15) is 37.9 Å². The van der Waals surface area contributed by atoms with Crippen molar-refractivity contribution in [2.45, 2.75) is 33.6 Å². The summed E-state index contributed by atoms with van der Waals surface area (Å²) in [5.74, 6) is 2.23. The Morgan fingerprint density at radius 3 is 2.32 bits per heavy atom. The zero-order valence-electron chi connectivity index (χ0n) is 15.8. The highest BCUT2D eigenvalue weighted by molar-refractivity contribution is 5.58. The molecule has 0 unspecified atom stereocenters. The molecule has 1 fully saturated rings. The van der Waals surface area contributed by atoms with Crippen LogP contribution in [0.5, 0.6) is 0 Å². The summed E-state index contributed by atoms with van der Waals surface area (Å²) >= 11 is 0. The molecule has 5 heteroatoms. The molecule has 1 aromatic heterocycles. The first-order valence-electron chi connectivity index (χ1n) is 9.25. The van der Waals surface area contributed by atoms with Gasteiger partial charge in [-0.05, 0) is 37.1 Å². The maximum Gasteiger partial charge on any atom is 0.227 e.